The van der Waals surface area contributed by atoms with Crippen molar-refractivity contribution in [2.24, 2.45) is 14.1 Å². The Balaban J connectivity index is 1.91. The number of hydrogen-bond donors (Lipinski definition) is 2. The summed E-state index contributed by atoms with van der Waals surface area (Å²) in [6.07, 6.45) is 2.13. The van der Waals surface area contributed by atoms with E-state index in [2.05, 4.69) is 17.2 Å². The Morgan fingerprint density at radius 3 is 2.65 bits per heavy atom. The molecule has 1 atom stereocenters. The third-order valence-electron chi connectivity index (χ3n) is 5.07. The number of halogens is 1. The van der Waals surface area contributed by atoms with Crippen LogP contribution in [0.3, 0.4) is 0 Å². The van der Waals surface area contributed by atoms with E-state index in [1.165, 1.54) is 11.6 Å². The first-order valence-corrected chi connectivity index (χ1v) is 10.7. The van der Waals surface area contributed by atoms with Crippen molar-refractivity contribution in [3.63, 3.8) is 0 Å². The summed E-state index contributed by atoms with van der Waals surface area (Å²) in [5.41, 5.74) is -0.404. The van der Waals surface area contributed by atoms with Crippen molar-refractivity contribution in [1.82, 2.24) is 18.7 Å². The number of fused-ring (bicyclic) bond motifs is 1. The molecule has 2 N–H and O–H groups in total. The van der Waals surface area contributed by atoms with Crippen LogP contribution >= 0.6 is 11.6 Å². The number of para-hydroxylation sites is 1. The zero-order chi connectivity index (χ0) is 22.5. The van der Waals surface area contributed by atoms with E-state index in [0.29, 0.717) is 23.3 Å². The van der Waals surface area contributed by atoms with E-state index in [1.54, 1.807) is 35.9 Å². The largest absolute Gasteiger partial charge is 0.489 e. The number of benzene rings is 1. The first-order chi connectivity index (χ1) is 14.8. The quantitative estimate of drug-likeness (QED) is 0.459. The molecular weight excluding hydrogens is 422 g/mol. The summed E-state index contributed by atoms with van der Waals surface area (Å²) in [5, 5.41) is 14.3. The monoisotopic (exact) mass is 449 g/mol. The van der Waals surface area contributed by atoms with Crippen LogP contribution in [-0.4, -0.2) is 43.0 Å². The van der Waals surface area contributed by atoms with Crippen molar-refractivity contribution in [2.75, 3.05) is 18.5 Å². The standard InChI is InChI=1S/C21H28ClN5O4/c1-4-5-8-11-23-20-24-18-17(19(29)26(3)21(30)25(18)2)27(20)12-14(28)13-31-16-10-7-6-9-15(16)22/h6-7,9-10,14,28H,4-5,8,11-13H2,1-3H3,(H,23,24)/t14-/m0/s1. The number of anilines is 1. The van der Waals surface area contributed by atoms with Crippen LogP contribution in [0.15, 0.2) is 33.9 Å². The summed E-state index contributed by atoms with van der Waals surface area (Å²) in [7, 11) is 2.99. The van der Waals surface area contributed by atoms with Crippen molar-refractivity contribution >= 4 is 28.7 Å². The van der Waals surface area contributed by atoms with Gasteiger partial charge in [-0.25, -0.2) is 4.79 Å². The summed E-state index contributed by atoms with van der Waals surface area (Å²) in [6.45, 7) is 2.82. The van der Waals surface area contributed by atoms with Crippen molar-refractivity contribution in [3.05, 3.63) is 50.1 Å². The lowest BCUT2D eigenvalue weighted by Gasteiger charge is -2.16. The highest BCUT2D eigenvalue weighted by molar-refractivity contribution is 6.32. The number of rotatable bonds is 10. The first-order valence-electron chi connectivity index (χ1n) is 10.3. The molecule has 0 unspecified atom stereocenters. The summed E-state index contributed by atoms with van der Waals surface area (Å²) in [4.78, 5) is 29.6. The average Bonchev–Trinajstić information content (AvgIpc) is 3.11. The molecule has 3 rings (SSSR count). The second-order valence-corrected chi connectivity index (χ2v) is 7.86. The van der Waals surface area contributed by atoms with Gasteiger partial charge in [-0.3, -0.25) is 13.9 Å². The lowest BCUT2D eigenvalue weighted by Crippen LogP contribution is -2.38. The van der Waals surface area contributed by atoms with Crippen molar-refractivity contribution in [2.45, 2.75) is 38.8 Å². The number of aryl methyl sites for hydroxylation is 1. The molecule has 0 spiro atoms. The number of nitrogens with one attached hydrogen (secondary N) is 1. The Kier molecular flexibility index (Phi) is 7.40. The number of aliphatic hydroxyl groups is 1. The molecule has 0 aliphatic heterocycles. The minimum absolute atomic E-state index is 0.0231. The molecule has 0 radical (unpaired) electrons. The number of ether oxygens (including phenoxy) is 1. The molecule has 0 saturated carbocycles. The van der Waals surface area contributed by atoms with E-state index >= 15 is 0 Å². The lowest BCUT2D eigenvalue weighted by molar-refractivity contribution is 0.0938. The summed E-state index contributed by atoms with van der Waals surface area (Å²) >= 11 is 6.10. The normalized spacial score (nSPS) is 12.3. The number of nitrogens with zero attached hydrogens (tertiary/aromatic N) is 4. The van der Waals surface area contributed by atoms with E-state index in [4.69, 9.17) is 16.3 Å². The van der Waals surface area contributed by atoms with Crippen LogP contribution in [-0.2, 0) is 20.6 Å². The van der Waals surface area contributed by atoms with Gasteiger partial charge in [-0.1, -0.05) is 43.5 Å². The van der Waals surface area contributed by atoms with E-state index in [0.717, 1.165) is 23.8 Å². The van der Waals surface area contributed by atoms with Crippen LogP contribution in [0.1, 0.15) is 26.2 Å². The topological polar surface area (TPSA) is 103 Å². The second kappa shape index (κ2) is 10.0. The maximum Gasteiger partial charge on any atom is 0.332 e. The highest BCUT2D eigenvalue weighted by Gasteiger charge is 2.21. The van der Waals surface area contributed by atoms with Gasteiger partial charge in [0.1, 0.15) is 18.5 Å². The number of aliphatic hydroxyl groups excluding tert-OH is 1. The van der Waals surface area contributed by atoms with E-state index in [1.807, 2.05) is 0 Å². The first kappa shape index (κ1) is 22.9. The third-order valence-corrected chi connectivity index (χ3v) is 5.38. The predicted molar refractivity (Wildman–Crippen MR) is 121 cm³/mol. The smallest absolute Gasteiger partial charge is 0.332 e. The fraction of sp³-hybridized carbons (Fsp3) is 0.476. The van der Waals surface area contributed by atoms with Crippen molar-refractivity contribution in [1.29, 1.82) is 0 Å². The Morgan fingerprint density at radius 2 is 1.94 bits per heavy atom. The molecule has 1 aromatic carbocycles. The summed E-state index contributed by atoms with van der Waals surface area (Å²) in [6, 6.07) is 7.00. The SMILES string of the molecule is CCCCCNc1nc2c(c(=O)n(C)c(=O)n2C)n1C[C@H](O)COc1ccccc1Cl. The zero-order valence-corrected chi connectivity index (χ0v) is 18.7. The third kappa shape index (κ3) is 4.94. The van der Waals surface area contributed by atoms with Crippen LogP contribution in [0.25, 0.3) is 11.2 Å². The molecule has 0 saturated heterocycles. The molecule has 0 bridgehead atoms. The van der Waals surface area contributed by atoms with Crippen LogP contribution in [0.5, 0.6) is 5.75 Å². The molecule has 0 aliphatic rings. The van der Waals surface area contributed by atoms with Crippen LogP contribution in [0, 0.1) is 0 Å². The van der Waals surface area contributed by atoms with Gasteiger partial charge in [0.25, 0.3) is 5.56 Å². The Labute approximate surface area is 184 Å². The molecular formula is C21H28ClN5O4. The Hall–Kier alpha value is -2.78. The lowest BCUT2D eigenvalue weighted by atomic mass is 10.2. The molecule has 0 amide bonds. The zero-order valence-electron chi connectivity index (χ0n) is 18.0. The van der Waals surface area contributed by atoms with Gasteiger partial charge in [-0.15, -0.1) is 0 Å². The van der Waals surface area contributed by atoms with Gasteiger partial charge >= 0.3 is 5.69 Å². The van der Waals surface area contributed by atoms with Gasteiger partial charge in [0.15, 0.2) is 11.2 Å². The molecule has 2 heterocycles. The number of imidazole rings is 1. The Bertz CT molecular complexity index is 1170. The van der Waals surface area contributed by atoms with Crippen LogP contribution in [0.4, 0.5) is 5.95 Å². The molecule has 10 heteroatoms. The maximum atomic E-state index is 12.8. The van der Waals surface area contributed by atoms with Gasteiger partial charge in [0.2, 0.25) is 5.95 Å². The maximum absolute atomic E-state index is 12.8. The fourth-order valence-electron chi connectivity index (χ4n) is 3.35. The van der Waals surface area contributed by atoms with Crippen LogP contribution in [0.2, 0.25) is 5.02 Å². The number of aromatic nitrogens is 4. The van der Waals surface area contributed by atoms with Crippen molar-refractivity contribution in [3.8, 4) is 5.75 Å². The van der Waals surface area contributed by atoms with Crippen LogP contribution < -0.4 is 21.3 Å². The highest BCUT2D eigenvalue weighted by atomic mass is 35.5. The molecule has 2 aromatic heterocycles. The second-order valence-electron chi connectivity index (χ2n) is 7.45. The molecule has 9 nitrogen and oxygen atoms in total. The minimum Gasteiger partial charge on any atom is -0.489 e. The fourth-order valence-corrected chi connectivity index (χ4v) is 3.54. The van der Waals surface area contributed by atoms with E-state index < -0.39 is 17.4 Å². The minimum atomic E-state index is -0.938. The van der Waals surface area contributed by atoms with Gasteiger partial charge in [-0.05, 0) is 18.6 Å². The Morgan fingerprint density at radius 1 is 1.19 bits per heavy atom. The highest BCUT2D eigenvalue weighted by Crippen LogP contribution is 2.23. The van der Waals surface area contributed by atoms with Gasteiger partial charge in [0.05, 0.1) is 11.6 Å². The van der Waals surface area contributed by atoms with E-state index in [-0.39, 0.29) is 24.3 Å². The molecule has 168 valence electrons. The summed E-state index contributed by atoms with van der Waals surface area (Å²) < 4.78 is 9.62. The number of hydrogen-bond acceptors (Lipinski definition) is 6. The summed E-state index contributed by atoms with van der Waals surface area (Å²) in [5.74, 6) is 0.899. The molecule has 31 heavy (non-hydrogen) atoms. The molecule has 0 fully saturated rings. The average molecular weight is 450 g/mol. The van der Waals surface area contributed by atoms with Gasteiger partial charge in [-0.2, -0.15) is 4.98 Å². The van der Waals surface area contributed by atoms with Gasteiger partial charge < -0.3 is 19.7 Å². The predicted octanol–water partition coefficient (Wildman–Crippen LogP) is 2.13. The molecule has 0 aliphatic carbocycles. The van der Waals surface area contributed by atoms with E-state index in [9.17, 15) is 14.7 Å². The van der Waals surface area contributed by atoms with Gasteiger partial charge in [0, 0.05) is 20.6 Å². The van der Waals surface area contributed by atoms with Crippen molar-refractivity contribution < 1.29 is 9.84 Å². The number of unbranched alkanes of at least 4 members (excludes halogenated alkanes) is 2. The molecule has 3 aromatic rings.